The Hall–Kier alpha value is -1.30. The van der Waals surface area contributed by atoms with Gasteiger partial charge in [0.1, 0.15) is 0 Å². The Morgan fingerprint density at radius 3 is 0.958 bits per heavy atom. The molecule has 0 saturated carbocycles. The lowest BCUT2D eigenvalue weighted by Crippen LogP contribution is -1.70. The molecule has 0 heterocycles. The van der Waals surface area contributed by atoms with Crippen LogP contribution in [0.3, 0.4) is 0 Å². The number of hydrogen-bond acceptors (Lipinski definition) is 0. The molecular formula is C24H40. The van der Waals surface area contributed by atoms with Gasteiger partial charge in [-0.3, -0.25) is 0 Å². The van der Waals surface area contributed by atoms with Crippen LogP contribution in [0.15, 0.2) is 60.8 Å². The largest absolute Gasteiger partial charge is 0.0882 e. The van der Waals surface area contributed by atoms with E-state index in [1.165, 1.54) is 51.4 Å². The predicted molar refractivity (Wildman–Crippen MR) is 112 cm³/mol. The van der Waals surface area contributed by atoms with Crippen LogP contribution in [-0.4, -0.2) is 0 Å². The second kappa shape index (κ2) is 21.7. The lowest BCUT2D eigenvalue weighted by atomic mass is 10.2. The maximum absolute atomic E-state index is 2.32. The van der Waals surface area contributed by atoms with E-state index < -0.39 is 0 Å². The molecule has 0 rings (SSSR count). The molecule has 0 aliphatic rings. The molecule has 0 N–H and O–H groups in total. The SMILES string of the molecule is CCCCC/C=C\C/C=C\C/C=C\C/C=C\C/C=C\CCCCC. The summed E-state index contributed by atoms with van der Waals surface area (Å²) in [7, 11) is 0. The molecule has 0 atom stereocenters. The van der Waals surface area contributed by atoms with E-state index in [1.807, 2.05) is 0 Å². The minimum Gasteiger partial charge on any atom is -0.0882 e. The number of unbranched alkanes of at least 4 members (excludes halogenated alkanes) is 6. The molecular weight excluding hydrogens is 288 g/mol. The summed E-state index contributed by atoms with van der Waals surface area (Å²) in [5.74, 6) is 0. The first-order valence-corrected chi connectivity index (χ1v) is 10.2. The minimum atomic E-state index is 1.05. The van der Waals surface area contributed by atoms with Gasteiger partial charge in [0, 0.05) is 0 Å². The van der Waals surface area contributed by atoms with Gasteiger partial charge in [0.15, 0.2) is 0 Å². The Kier molecular flexibility index (Phi) is 20.5. The Balaban J connectivity index is 3.42. The number of allylic oxidation sites excluding steroid dienone is 10. The van der Waals surface area contributed by atoms with Gasteiger partial charge in [-0.15, -0.1) is 0 Å². The summed E-state index contributed by atoms with van der Waals surface area (Å²) in [6, 6.07) is 0. The molecule has 0 unspecified atom stereocenters. The summed E-state index contributed by atoms with van der Waals surface area (Å²) < 4.78 is 0. The van der Waals surface area contributed by atoms with E-state index in [-0.39, 0.29) is 0 Å². The molecule has 0 aliphatic carbocycles. The lowest BCUT2D eigenvalue weighted by molar-refractivity contribution is 0.728. The monoisotopic (exact) mass is 328 g/mol. The van der Waals surface area contributed by atoms with E-state index >= 15 is 0 Å². The predicted octanol–water partition coefficient (Wildman–Crippen LogP) is 8.49. The van der Waals surface area contributed by atoms with Crippen LogP contribution >= 0.6 is 0 Å². The number of hydrogen-bond donors (Lipinski definition) is 0. The highest BCUT2D eigenvalue weighted by Gasteiger charge is 1.81. The molecule has 0 aliphatic heterocycles. The van der Waals surface area contributed by atoms with Crippen LogP contribution in [-0.2, 0) is 0 Å². The smallest absolute Gasteiger partial charge is 0.0169 e. The van der Waals surface area contributed by atoms with E-state index in [0.29, 0.717) is 0 Å². The van der Waals surface area contributed by atoms with Gasteiger partial charge in [-0.2, -0.15) is 0 Å². The van der Waals surface area contributed by atoms with Crippen molar-refractivity contribution >= 4 is 0 Å². The summed E-state index contributed by atoms with van der Waals surface area (Å²) in [6.07, 6.45) is 37.5. The standard InChI is InChI=1S/C24H40/c1-3-5-7-9-11-13-15-17-19-21-23-24-22-20-18-16-14-12-10-8-6-4-2/h11-14,17-20,23-24H,3-10,15-16,21-22H2,1-2H3/b13-11-,14-12-,19-17-,20-18-,24-23-. The van der Waals surface area contributed by atoms with Gasteiger partial charge in [-0.1, -0.05) is 100 Å². The van der Waals surface area contributed by atoms with Crippen LogP contribution in [0.5, 0.6) is 0 Å². The quantitative estimate of drug-likeness (QED) is 0.197. The molecule has 24 heavy (non-hydrogen) atoms. The second-order valence-electron chi connectivity index (χ2n) is 6.29. The van der Waals surface area contributed by atoms with Crippen LogP contribution in [0, 0.1) is 0 Å². The van der Waals surface area contributed by atoms with Gasteiger partial charge in [-0.05, 0) is 51.4 Å². The van der Waals surface area contributed by atoms with Crippen molar-refractivity contribution in [3.63, 3.8) is 0 Å². The van der Waals surface area contributed by atoms with Crippen LogP contribution in [0.25, 0.3) is 0 Å². The van der Waals surface area contributed by atoms with Gasteiger partial charge in [-0.25, -0.2) is 0 Å². The lowest BCUT2D eigenvalue weighted by Gasteiger charge is -1.90. The third-order valence-electron chi connectivity index (χ3n) is 3.87. The average molecular weight is 329 g/mol. The van der Waals surface area contributed by atoms with Gasteiger partial charge >= 0.3 is 0 Å². The zero-order valence-corrected chi connectivity index (χ0v) is 16.3. The molecule has 0 bridgehead atoms. The normalized spacial score (nSPS) is 12.9. The molecule has 0 aromatic carbocycles. The first kappa shape index (κ1) is 22.7. The molecule has 0 aromatic rings. The number of rotatable bonds is 16. The van der Waals surface area contributed by atoms with Crippen molar-refractivity contribution in [2.75, 3.05) is 0 Å². The highest BCUT2D eigenvalue weighted by Crippen LogP contribution is 2.02. The summed E-state index contributed by atoms with van der Waals surface area (Å²) in [5, 5.41) is 0. The van der Waals surface area contributed by atoms with Crippen LogP contribution in [0.1, 0.15) is 90.9 Å². The minimum absolute atomic E-state index is 1.05. The molecule has 0 saturated heterocycles. The summed E-state index contributed by atoms with van der Waals surface area (Å²) >= 11 is 0. The summed E-state index contributed by atoms with van der Waals surface area (Å²) in [6.45, 7) is 4.50. The Morgan fingerprint density at radius 1 is 0.375 bits per heavy atom. The fraction of sp³-hybridized carbons (Fsp3) is 0.583. The Labute approximate surface area is 152 Å². The van der Waals surface area contributed by atoms with Crippen LogP contribution in [0.2, 0.25) is 0 Å². The topological polar surface area (TPSA) is 0 Å². The summed E-state index contributed by atoms with van der Waals surface area (Å²) in [5.41, 5.74) is 0. The molecule has 0 nitrogen and oxygen atoms in total. The molecule has 0 amide bonds. The second-order valence-corrected chi connectivity index (χ2v) is 6.29. The first-order valence-electron chi connectivity index (χ1n) is 10.2. The van der Waals surface area contributed by atoms with Crippen molar-refractivity contribution in [1.82, 2.24) is 0 Å². The highest BCUT2D eigenvalue weighted by molar-refractivity contribution is 5.00. The Bertz CT molecular complexity index is 329. The fourth-order valence-corrected chi connectivity index (χ4v) is 2.34. The zero-order chi connectivity index (χ0) is 17.6. The van der Waals surface area contributed by atoms with Gasteiger partial charge in [0.2, 0.25) is 0 Å². The van der Waals surface area contributed by atoms with E-state index in [2.05, 4.69) is 74.6 Å². The fourth-order valence-electron chi connectivity index (χ4n) is 2.34. The average Bonchev–Trinajstić information content (AvgIpc) is 2.60. The summed E-state index contributed by atoms with van der Waals surface area (Å²) in [4.78, 5) is 0. The Morgan fingerprint density at radius 2 is 0.667 bits per heavy atom. The first-order chi connectivity index (χ1) is 11.9. The van der Waals surface area contributed by atoms with Crippen molar-refractivity contribution in [1.29, 1.82) is 0 Å². The van der Waals surface area contributed by atoms with E-state index in [1.54, 1.807) is 0 Å². The zero-order valence-electron chi connectivity index (χ0n) is 16.3. The van der Waals surface area contributed by atoms with Crippen molar-refractivity contribution in [2.45, 2.75) is 90.9 Å². The highest BCUT2D eigenvalue weighted by atomic mass is 13.9. The van der Waals surface area contributed by atoms with Gasteiger partial charge < -0.3 is 0 Å². The van der Waals surface area contributed by atoms with Crippen molar-refractivity contribution in [3.05, 3.63) is 60.8 Å². The van der Waals surface area contributed by atoms with Crippen LogP contribution in [0.4, 0.5) is 0 Å². The van der Waals surface area contributed by atoms with Gasteiger partial charge in [0.25, 0.3) is 0 Å². The molecule has 0 radical (unpaired) electrons. The van der Waals surface area contributed by atoms with Gasteiger partial charge in [0.05, 0.1) is 0 Å². The van der Waals surface area contributed by atoms with Crippen molar-refractivity contribution in [3.8, 4) is 0 Å². The van der Waals surface area contributed by atoms with Crippen molar-refractivity contribution < 1.29 is 0 Å². The van der Waals surface area contributed by atoms with Crippen molar-refractivity contribution in [2.24, 2.45) is 0 Å². The molecule has 0 spiro atoms. The van der Waals surface area contributed by atoms with E-state index in [9.17, 15) is 0 Å². The molecule has 136 valence electrons. The molecule has 0 fully saturated rings. The van der Waals surface area contributed by atoms with E-state index in [0.717, 1.165) is 25.7 Å². The third kappa shape index (κ3) is 20.7. The maximum atomic E-state index is 2.32. The van der Waals surface area contributed by atoms with Crippen LogP contribution < -0.4 is 0 Å². The third-order valence-corrected chi connectivity index (χ3v) is 3.87. The molecule has 0 heteroatoms. The van der Waals surface area contributed by atoms with E-state index in [4.69, 9.17) is 0 Å². The molecule has 0 aromatic heterocycles. The maximum Gasteiger partial charge on any atom is -0.0169 e.